The number of para-hydroxylation sites is 2. The van der Waals surface area contributed by atoms with Crippen LogP contribution in [0.1, 0.15) is 18.4 Å². The van der Waals surface area contributed by atoms with Crippen LogP contribution < -0.4 is 10.1 Å². The van der Waals surface area contributed by atoms with Crippen molar-refractivity contribution in [1.29, 1.82) is 0 Å². The summed E-state index contributed by atoms with van der Waals surface area (Å²) in [4.78, 5) is 11.9. The smallest absolute Gasteiger partial charge is 0.224 e. The predicted molar refractivity (Wildman–Crippen MR) is 88.7 cm³/mol. The number of carbonyl (C=O) groups is 1. The van der Waals surface area contributed by atoms with E-state index < -0.39 is 0 Å². The molecule has 0 aliphatic carbocycles. The number of hydrogen-bond donors (Lipinski definition) is 1. The molecule has 2 rings (SSSR count). The van der Waals surface area contributed by atoms with Gasteiger partial charge in [-0.2, -0.15) is 0 Å². The molecule has 0 saturated carbocycles. The Morgan fingerprint density at radius 2 is 1.86 bits per heavy atom. The molecule has 4 heteroatoms. The topological polar surface area (TPSA) is 38.3 Å². The maximum absolute atomic E-state index is 11.9. The molecule has 0 saturated heterocycles. The molecule has 0 spiro atoms. The predicted octanol–water partition coefficient (Wildman–Crippen LogP) is 4.56. The molecule has 0 aliphatic heterocycles. The molecule has 1 amide bonds. The van der Waals surface area contributed by atoms with Gasteiger partial charge in [-0.05, 0) is 53.0 Å². The molecule has 0 fully saturated rings. The average molecular weight is 348 g/mol. The van der Waals surface area contributed by atoms with Crippen molar-refractivity contribution in [2.75, 3.05) is 11.9 Å². The van der Waals surface area contributed by atoms with Gasteiger partial charge in [-0.3, -0.25) is 4.79 Å². The Labute approximate surface area is 133 Å². The zero-order chi connectivity index (χ0) is 15.1. The first-order chi connectivity index (χ1) is 10.2. The zero-order valence-corrected chi connectivity index (χ0v) is 13.5. The highest BCUT2D eigenvalue weighted by Crippen LogP contribution is 2.23. The fourth-order valence-corrected chi connectivity index (χ4v) is 2.30. The molecule has 21 heavy (non-hydrogen) atoms. The van der Waals surface area contributed by atoms with Gasteiger partial charge in [-0.15, -0.1) is 0 Å². The van der Waals surface area contributed by atoms with E-state index in [-0.39, 0.29) is 5.91 Å². The molecular formula is C17H18BrNO2. The lowest BCUT2D eigenvalue weighted by Crippen LogP contribution is -2.13. The van der Waals surface area contributed by atoms with Crippen LogP contribution in [0.15, 0.2) is 53.0 Å². The number of hydrogen-bond acceptors (Lipinski definition) is 2. The first-order valence-corrected chi connectivity index (χ1v) is 7.69. The van der Waals surface area contributed by atoms with Gasteiger partial charge in [0.25, 0.3) is 0 Å². The normalized spacial score (nSPS) is 10.2. The molecule has 0 aliphatic rings. The monoisotopic (exact) mass is 347 g/mol. The summed E-state index contributed by atoms with van der Waals surface area (Å²) in [7, 11) is 0. The number of anilines is 1. The first kappa shape index (κ1) is 15.6. The van der Waals surface area contributed by atoms with Crippen molar-refractivity contribution in [3.63, 3.8) is 0 Å². The summed E-state index contributed by atoms with van der Waals surface area (Å²) < 4.78 is 6.56. The van der Waals surface area contributed by atoms with Crippen LogP contribution in [-0.2, 0) is 4.79 Å². The van der Waals surface area contributed by atoms with Crippen molar-refractivity contribution in [3.05, 3.63) is 58.6 Å². The molecule has 0 bridgehead atoms. The molecule has 0 radical (unpaired) electrons. The SMILES string of the molecule is Cc1ccccc1NC(=O)CCCOc1ccccc1Br. The molecule has 0 heterocycles. The molecule has 0 atom stereocenters. The lowest BCUT2D eigenvalue weighted by molar-refractivity contribution is -0.116. The zero-order valence-electron chi connectivity index (χ0n) is 11.9. The number of rotatable bonds is 6. The fraction of sp³-hybridized carbons (Fsp3) is 0.235. The van der Waals surface area contributed by atoms with Gasteiger partial charge in [-0.1, -0.05) is 30.3 Å². The van der Waals surface area contributed by atoms with Crippen LogP contribution in [0.5, 0.6) is 5.75 Å². The minimum Gasteiger partial charge on any atom is -0.492 e. The second kappa shape index (κ2) is 7.84. The van der Waals surface area contributed by atoms with Crippen LogP contribution in [0.2, 0.25) is 0 Å². The van der Waals surface area contributed by atoms with Crippen LogP contribution in [0.3, 0.4) is 0 Å². The summed E-state index contributed by atoms with van der Waals surface area (Å²) in [6, 6.07) is 15.4. The number of aryl methyl sites for hydroxylation is 1. The maximum Gasteiger partial charge on any atom is 0.224 e. The molecule has 0 aromatic heterocycles. The minimum atomic E-state index is 0.0139. The summed E-state index contributed by atoms with van der Waals surface area (Å²) in [6.45, 7) is 2.50. The standard InChI is InChI=1S/C17H18BrNO2/c1-13-7-2-4-9-15(13)19-17(20)11-6-12-21-16-10-5-3-8-14(16)18/h2-5,7-10H,6,11-12H2,1H3,(H,19,20). The second-order valence-corrected chi connectivity index (χ2v) is 5.60. The summed E-state index contributed by atoms with van der Waals surface area (Å²) >= 11 is 3.43. The first-order valence-electron chi connectivity index (χ1n) is 6.89. The van der Waals surface area contributed by atoms with Gasteiger partial charge in [0.2, 0.25) is 5.91 Å². The summed E-state index contributed by atoms with van der Waals surface area (Å²) in [6.07, 6.45) is 1.12. The molecule has 0 unspecified atom stereocenters. The quantitative estimate of drug-likeness (QED) is 0.778. The molecule has 1 N–H and O–H groups in total. The van der Waals surface area contributed by atoms with Crippen LogP contribution in [-0.4, -0.2) is 12.5 Å². The molecule has 2 aromatic carbocycles. The van der Waals surface area contributed by atoms with Gasteiger partial charge in [0.15, 0.2) is 0 Å². The van der Waals surface area contributed by atoms with Crippen molar-refractivity contribution in [2.45, 2.75) is 19.8 Å². The highest BCUT2D eigenvalue weighted by Gasteiger charge is 2.05. The van der Waals surface area contributed by atoms with Crippen LogP contribution >= 0.6 is 15.9 Å². The van der Waals surface area contributed by atoms with Crippen molar-refractivity contribution in [2.24, 2.45) is 0 Å². The van der Waals surface area contributed by atoms with Crippen LogP contribution in [0, 0.1) is 6.92 Å². The van der Waals surface area contributed by atoms with Gasteiger partial charge in [-0.25, -0.2) is 0 Å². The van der Waals surface area contributed by atoms with E-state index in [1.54, 1.807) is 0 Å². The minimum absolute atomic E-state index is 0.0139. The van der Waals surface area contributed by atoms with E-state index >= 15 is 0 Å². The Hall–Kier alpha value is -1.81. The number of carbonyl (C=O) groups excluding carboxylic acids is 1. The Bertz CT molecular complexity index is 613. The third-order valence-corrected chi connectivity index (χ3v) is 3.72. The number of benzene rings is 2. The van der Waals surface area contributed by atoms with Gasteiger partial charge in [0, 0.05) is 12.1 Å². The average Bonchev–Trinajstić information content (AvgIpc) is 2.48. The molecule has 3 nitrogen and oxygen atoms in total. The summed E-state index contributed by atoms with van der Waals surface area (Å²) in [5, 5.41) is 2.92. The van der Waals surface area contributed by atoms with Crippen molar-refractivity contribution >= 4 is 27.5 Å². The fourth-order valence-electron chi connectivity index (χ4n) is 1.90. The number of halogens is 1. The van der Waals surface area contributed by atoms with E-state index in [0.29, 0.717) is 19.4 Å². The van der Waals surface area contributed by atoms with Gasteiger partial charge in [0.05, 0.1) is 11.1 Å². The Morgan fingerprint density at radius 1 is 1.14 bits per heavy atom. The highest BCUT2D eigenvalue weighted by molar-refractivity contribution is 9.10. The third kappa shape index (κ3) is 4.90. The Balaban J connectivity index is 1.73. The summed E-state index contributed by atoms with van der Waals surface area (Å²) in [5.74, 6) is 0.817. The highest BCUT2D eigenvalue weighted by atomic mass is 79.9. The molecular weight excluding hydrogens is 330 g/mol. The van der Waals surface area contributed by atoms with E-state index in [1.165, 1.54) is 0 Å². The van der Waals surface area contributed by atoms with Gasteiger partial charge in [0.1, 0.15) is 5.75 Å². The van der Waals surface area contributed by atoms with Gasteiger partial charge < -0.3 is 10.1 Å². The van der Waals surface area contributed by atoms with Crippen molar-refractivity contribution in [3.8, 4) is 5.75 Å². The van der Waals surface area contributed by atoms with Crippen LogP contribution in [0.25, 0.3) is 0 Å². The van der Waals surface area contributed by atoms with E-state index in [0.717, 1.165) is 21.5 Å². The number of nitrogens with one attached hydrogen (secondary N) is 1. The van der Waals surface area contributed by atoms with E-state index in [2.05, 4.69) is 21.2 Å². The molecule has 2 aromatic rings. The van der Waals surface area contributed by atoms with Gasteiger partial charge >= 0.3 is 0 Å². The Kier molecular flexibility index (Phi) is 5.81. The largest absolute Gasteiger partial charge is 0.492 e. The Morgan fingerprint density at radius 3 is 2.62 bits per heavy atom. The maximum atomic E-state index is 11.9. The number of amides is 1. The lowest BCUT2D eigenvalue weighted by atomic mass is 10.2. The van der Waals surface area contributed by atoms with Crippen molar-refractivity contribution < 1.29 is 9.53 Å². The lowest BCUT2D eigenvalue weighted by Gasteiger charge is -2.09. The van der Waals surface area contributed by atoms with E-state index in [1.807, 2.05) is 55.5 Å². The van der Waals surface area contributed by atoms with Crippen molar-refractivity contribution in [1.82, 2.24) is 0 Å². The van der Waals surface area contributed by atoms with E-state index in [9.17, 15) is 4.79 Å². The number of ether oxygens (including phenoxy) is 1. The molecule has 110 valence electrons. The third-order valence-electron chi connectivity index (χ3n) is 3.06. The van der Waals surface area contributed by atoms with Crippen LogP contribution in [0.4, 0.5) is 5.69 Å². The van der Waals surface area contributed by atoms with E-state index in [4.69, 9.17) is 4.74 Å². The second-order valence-electron chi connectivity index (χ2n) is 4.75. The summed E-state index contributed by atoms with van der Waals surface area (Å²) in [5.41, 5.74) is 1.93.